The van der Waals surface area contributed by atoms with Crippen molar-refractivity contribution >= 4 is 11.3 Å². The third-order valence-electron chi connectivity index (χ3n) is 2.45. The van der Waals surface area contributed by atoms with Crippen LogP contribution in [0.25, 0.3) is 0 Å². The molecule has 1 heterocycles. The highest BCUT2D eigenvalue weighted by atomic mass is 32.1. The zero-order valence-electron chi connectivity index (χ0n) is 10.3. The van der Waals surface area contributed by atoms with Crippen molar-refractivity contribution in [3.8, 4) is 11.8 Å². The van der Waals surface area contributed by atoms with Crippen LogP contribution in [-0.4, -0.2) is 36.2 Å². The average Bonchev–Trinajstić information content (AvgIpc) is 2.79. The fourth-order valence-corrected chi connectivity index (χ4v) is 2.40. The van der Waals surface area contributed by atoms with Crippen LogP contribution in [0.15, 0.2) is 11.4 Å². The summed E-state index contributed by atoms with van der Waals surface area (Å²) >= 11 is 1.73. The summed E-state index contributed by atoms with van der Waals surface area (Å²) < 4.78 is 0. The topological polar surface area (TPSA) is 49.5 Å². The molecule has 94 valence electrons. The van der Waals surface area contributed by atoms with E-state index in [2.05, 4.69) is 35.1 Å². The number of aliphatic hydroxyl groups is 1. The Morgan fingerprint density at radius 2 is 2.35 bits per heavy atom. The van der Waals surface area contributed by atoms with E-state index in [0.717, 1.165) is 31.6 Å². The van der Waals surface area contributed by atoms with Crippen LogP contribution in [0.1, 0.15) is 23.8 Å². The minimum absolute atomic E-state index is 0.258. The molecule has 3 nitrogen and oxygen atoms in total. The minimum atomic E-state index is 0.258. The molecule has 0 fully saturated rings. The molecule has 0 radical (unpaired) electrons. The largest absolute Gasteiger partial charge is 0.396 e. The van der Waals surface area contributed by atoms with E-state index in [0.29, 0.717) is 6.54 Å². The van der Waals surface area contributed by atoms with Crippen molar-refractivity contribution in [1.29, 1.82) is 0 Å². The summed E-state index contributed by atoms with van der Waals surface area (Å²) in [6.45, 7) is 5.68. The third kappa shape index (κ3) is 5.33. The monoisotopic (exact) mass is 252 g/mol. The highest BCUT2D eigenvalue weighted by Crippen LogP contribution is 2.16. The van der Waals surface area contributed by atoms with Crippen LogP contribution < -0.4 is 5.73 Å². The molecule has 0 unspecified atom stereocenters. The van der Waals surface area contributed by atoms with E-state index in [1.807, 2.05) is 0 Å². The van der Waals surface area contributed by atoms with Crippen molar-refractivity contribution in [3.05, 3.63) is 21.9 Å². The maximum absolute atomic E-state index is 8.82. The van der Waals surface area contributed by atoms with Gasteiger partial charge in [0, 0.05) is 35.5 Å². The lowest BCUT2D eigenvalue weighted by Gasteiger charge is -2.18. The van der Waals surface area contributed by atoms with Crippen LogP contribution in [0.2, 0.25) is 0 Å². The smallest absolute Gasteiger partial charge is 0.0555 e. The van der Waals surface area contributed by atoms with Gasteiger partial charge in [0.25, 0.3) is 0 Å². The number of nitrogens with zero attached hydrogens (tertiary/aromatic N) is 1. The molecule has 0 atom stereocenters. The Labute approximate surface area is 107 Å². The molecular formula is C13H20N2OS. The second kappa shape index (κ2) is 8.26. The van der Waals surface area contributed by atoms with E-state index in [1.165, 1.54) is 4.88 Å². The van der Waals surface area contributed by atoms with Crippen LogP contribution >= 0.6 is 11.3 Å². The summed E-state index contributed by atoms with van der Waals surface area (Å²) in [7, 11) is 0. The van der Waals surface area contributed by atoms with Gasteiger partial charge in [0.05, 0.1) is 6.54 Å². The van der Waals surface area contributed by atoms with Gasteiger partial charge in [-0.1, -0.05) is 18.8 Å². The second-order valence-corrected chi connectivity index (χ2v) is 4.75. The molecule has 0 aliphatic rings. The minimum Gasteiger partial charge on any atom is -0.396 e. The quantitative estimate of drug-likeness (QED) is 0.750. The van der Waals surface area contributed by atoms with Gasteiger partial charge in [-0.3, -0.25) is 4.90 Å². The Bertz CT molecular complexity index is 378. The first-order valence-electron chi connectivity index (χ1n) is 5.89. The molecule has 0 aromatic carbocycles. The van der Waals surface area contributed by atoms with Crippen molar-refractivity contribution in [2.75, 3.05) is 26.2 Å². The molecule has 0 amide bonds. The van der Waals surface area contributed by atoms with Crippen LogP contribution in [0.4, 0.5) is 0 Å². The van der Waals surface area contributed by atoms with Crippen molar-refractivity contribution in [1.82, 2.24) is 4.90 Å². The predicted octanol–water partition coefficient (Wildman–Crippen LogP) is 1.26. The number of nitrogens with two attached hydrogens (primary N) is 1. The lowest BCUT2D eigenvalue weighted by molar-refractivity contribution is 0.226. The first-order chi connectivity index (χ1) is 8.30. The Balaban J connectivity index is 2.51. The van der Waals surface area contributed by atoms with Crippen molar-refractivity contribution < 1.29 is 5.11 Å². The zero-order chi connectivity index (χ0) is 12.5. The molecule has 0 bridgehead atoms. The van der Waals surface area contributed by atoms with Crippen LogP contribution in [-0.2, 0) is 6.54 Å². The Morgan fingerprint density at radius 3 is 3.00 bits per heavy atom. The van der Waals surface area contributed by atoms with E-state index in [1.54, 1.807) is 11.3 Å². The van der Waals surface area contributed by atoms with Gasteiger partial charge in [-0.25, -0.2) is 0 Å². The summed E-state index contributed by atoms with van der Waals surface area (Å²) in [5.74, 6) is 5.89. The molecule has 0 saturated carbocycles. The molecule has 3 N–H and O–H groups in total. The number of hydrogen-bond donors (Lipinski definition) is 2. The molecule has 1 rings (SSSR count). The lowest BCUT2D eigenvalue weighted by Crippen LogP contribution is -2.24. The molecular weight excluding hydrogens is 232 g/mol. The van der Waals surface area contributed by atoms with Crippen LogP contribution in [0.5, 0.6) is 0 Å². The van der Waals surface area contributed by atoms with E-state index < -0.39 is 0 Å². The summed E-state index contributed by atoms with van der Waals surface area (Å²) in [4.78, 5) is 3.63. The maximum Gasteiger partial charge on any atom is 0.0555 e. The maximum atomic E-state index is 8.82. The van der Waals surface area contributed by atoms with Gasteiger partial charge in [-0.2, -0.15) is 0 Å². The van der Waals surface area contributed by atoms with Crippen molar-refractivity contribution in [3.63, 3.8) is 0 Å². The van der Waals surface area contributed by atoms with Gasteiger partial charge in [-0.15, -0.1) is 11.3 Å². The van der Waals surface area contributed by atoms with E-state index in [4.69, 9.17) is 10.8 Å². The number of hydrogen-bond acceptors (Lipinski definition) is 4. The van der Waals surface area contributed by atoms with Gasteiger partial charge in [-0.05, 0) is 19.0 Å². The van der Waals surface area contributed by atoms with Gasteiger partial charge < -0.3 is 10.8 Å². The molecule has 4 heteroatoms. The Hall–Kier alpha value is -0.860. The standard InChI is InChI=1S/C13H20N2OS/c1-2-15(7-4-8-16)10-13-9-12(11-17-13)5-3-6-14/h9,11,16H,2,4,6-8,10,14H2,1H3. The molecule has 0 aliphatic heterocycles. The van der Waals surface area contributed by atoms with Crippen molar-refractivity contribution in [2.24, 2.45) is 5.73 Å². The highest BCUT2D eigenvalue weighted by Gasteiger charge is 2.05. The van der Waals surface area contributed by atoms with E-state index in [-0.39, 0.29) is 6.61 Å². The van der Waals surface area contributed by atoms with Crippen molar-refractivity contribution in [2.45, 2.75) is 19.9 Å². The fraction of sp³-hybridized carbons (Fsp3) is 0.538. The summed E-state index contributed by atoms with van der Waals surface area (Å²) in [6, 6.07) is 2.12. The molecule has 17 heavy (non-hydrogen) atoms. The fourth-order valence-electron chi connectivity index (χ4n) is 1.55. The first-order valence-corrected chi connectivity index (χ1v) is 6.77. The van der Waals surface area contributed by atoms with Gasteiger partial charge >= 0.3 is 0 Å². The predicted molar refractivity (Wildman–Crippen MR) is 72.9 cm³/mol. The second-order valence-electron chi connectivity index (χ2n) is 3.75. The summed E-state index contributed by atoms with van der Waals surface area (Å²) in [5.41, 5.74) is 6.39. The molecule has 1 aromatic heterocycles. The molecule has 0 aliphatic carbocycles. The SMILES string of the molecule is CCN(CCCO)Cc1cc(C#CCN)cs1. The van der Waals surface area contributed by atoms with Gasteiger partial charge in [0.1, 0.15) is 0 Å². The van der Waals surface area contributed by atoms with E-state index >= 15 is 0 Å². The zero-order valence-corrected chi connectivity index (χ0v) is 11.1. The number of aliphatic hydroxyl groups excluding tert-OH is 1. The Kier molecular flexibility index (Phi) is 6.90. The average molecular weight is 252 g/mol. The normalized spacial score (nSPS) is 10.4. The summed E-state index contributed by atoms with van der Waals surface area (Å²) in [5, 5.41) is 10.9. The first kappa shape index (κ1) is 14.2. The Morgan fingerprint density at radius 1 is 1.53 bits per heavy atom. The van der Waals surface area contributed by atoms with Gasteiger partial charge in [0.15, 0.2) is 0 Å². The van der Waals surface area contributed by atoms with Crippen LogP contribution in [0.3, 0.4) is 0 Å². The number of rotatable bonds is 6. The molecule has 0 spiro atoms. The van der Waals surface area contributed by atoms with E-state index in [9.17, 15) is 0 Å². The third-order valence-corrected chi connectivity index (χ3v) is 3.37. The van der Waals surface area contributed by atoms with Gasteiger partial charge in [0.2, 0.25) is 0 Å². The number of thiophene rings is 1. The van der Waals surface area contributed by atoms with Crippen LogP contribution in [0, 0.1) is 11.8 Å². The summed E-state index contributed by atoms with van der Waals surface area (Å²) in [6.07, 6.45) is 0.832. The lowest BCUT2D eigenvalue weighted by atomic mass is 10.3. The molecule has 0 saturated heterocycles. The highest BCUT2D eigenvalue weighted by molar-refractivity contribution is 7.10. The molecule has 1 aromatic rings.